The quantitative estimate of drug-likeness (QED) is 0.186. The van der Waals surface area contributed by atoms with Gasteiger partial charge < -0.3 is 5.11 Å². The molecule has 0 saturated carbocycles. The summed E-state index contributed by atoms with van der Waals surface area (Å²) in [4.78, 5) is 10.2. The highest BCUT2D eigenvalue weighted by molar-refractivity contribution is 5.97. The molecule has 0 aliphatic carbocycles. The minimum atomic E-state index is -0.00877. The fraction of sp³-hybridized carbons (Fsp3) is 0.217. The summed E-state index contributed by atoms with van der Waals surface area (Å²) in [5, 5.41) is 11.0. The Morgan fingerprint density at radius 1 is 0.600 bits per heavy atom. The molecule has 7 rings (SSSR count). The summed E-state index contributed by atoms with van der Waals surface area (Å²) in [6.07, 6.45) is 1.93. The van der Waals surface area contributed by atoms with E-state index in [1.165, 1.54) is 22.3 Å². The van der Waals surface area contributed by atoms with Crippen LogP contribution in [-0.4, -0.2) is 19.6 Å². The van der Waals surface area contributed by atoms with E-state index < -0.39 is 0 Å². The van der Waals surface area contributed by atoms with E-state index >= 15 is 0 Å². The van der Waals surface area contributed by atoms with Gasteiger partial charge >= 0.3 is 0 Å². The number of nitrogens with zero attached hydrogens (tertiary/aromatic N) is 3. The summed E-state index contributed by atoms with van der Waals surface area (Å²) in [6, 6.07) is 42.3. The number of imidazole rings is 1. The van der Waals surface area contributed by atoms with Crippen LogP contribution in [0.25, 0.3) is 61.6 Å². The topological polar surface area (TPSA) is 50.9 Å². The molecule has 2 heterocycles. The number of aromatic nitrogens is 3. The van der Waals surface area contributed by atoms with Crippen molar-refractivity contribution in [3.63, 3.8) is 0 Å². The summed E-state index contributed by atoms with van der Waals surface area (Å²) < 4.78 is 2.15. The Bertz CT molecular complexity index is 2300. The third kappa shape index (κ3) is 6.34. The molecule has 4 nitrogen and oxygen atoms in total. The summed E-state index contributed by atoms with van der Waals surface area (Å²) in [5.74, 6) is 1.70. The van der Waals surface area contributed by atoms with Gasteiger partial charge in [-0.3, -0.25) is 9.55 Å². The average molecular weight is 656 g/mol. The van der Waals surface area contributed by atoms with Crippen molar-refractivity contribution < 1.29 is 5.11 Å². The maximum Gasteiger partial charge on any atom is 0.149 e. The molecule has 0 aliphatic rings. The number of aromatic hydroxyl groups is 1. The highest BCUT2D eigenvalue weighted by atomic mass is 16.3. The molecular formula is C46H45N3O. The number of para-hydroxylation sites is 3. The van der Waals surface area contributed by atoms with E-state index in [4.69, 9.17) is 9.97 Å². The van der Waals surface area contributed by atoms with Crippen molar-refractivity contribution in [1.82, 2.24) is 14.5 Å². The maximum absolute atomic E-state index is 11.0. The summed E-state index contributed by atoms with van der Waals surface area (Å²) in [5.41, 5.74) is 13.8. The Balaban J connectivity index is 1.52. The fourth-order valence-electron chi connectivity index (χ4n) is 6.68. The Morgan fingerprint density at radius 2 is 1.22 bits per heavy atom. The minimum Gasteiger partial charge on any atom is -0.507 e. The Morgan fingerprint density at radius 3 is 1.90 bits per heavy atom. The summed E-state index contributed by atoms with van der Waals surface area (Å²) in [7, 11) is 0. The zero-order valence-corrected chi connectivity index (χ0v) is 30.1. The lowest BCUT2D eigenvalue weighted by Crippen LogP contribution is -2.11. The van der Waals surface area contributed by atoms with Gasteiger partial charge in [-0.05, 0) is 111 Å². The fourth-order valence-corrected chi connectivity index (χ4v) is 6.68. The molecule has 2 aromatic heterocycles. The van der Waals surface area contributed by atoms with Crippen molar-refractivity contribution >= 4 is 11.0 Å². The zero-order valence-electron chi connectivity index (χ0n) is 30.1. The van der Waals surface area contributed by atoms with Gasteiger partial charge in [0.05, 0.1) is 22.3 Å². The molecule has 50 heavy (non-hydrogen) atoms. The van der Waals surface area contributed by atoms with Crippen LogP contribution in [-0.2, 0) is 5.41 Å². The molecule has 0 aliphatic heterocycles. The number of rotatable bonds is 7. The van der Waals surface area contributed by atoms with Crippen molar-refractivity contribution in [2.75, 3.05) is 0 Å². The number of phenols is 1. The molecule has 0 radical (unpaired) electrons. The van der Waals surface area contributed by atoms with Crippen LogP contribution in [0.15, 0.2) is 128 Å². The molecule has 0 atom stereocenters. The van der Waals surface area contributed by atoms with Gasteiger partial charge in [-0.25, -0.2) is 4.98 Å². The first-order valence-electron chi connectivity index (χ1n) is 17.6. The van der Waals surface area contributed by atoms with Gasteiger partial charge in [-0.15, -0.1) is 0 Å². The molecule has 5 aromatic carbocycles. The molecule has 4 heteroatoms. The third-order valence-electron chi connectivity index (χ3n) is 9.65. The monoisotopic (exact) mass is 655 g/mol. The van der Waals surface area contributed by atoms with Crippen molar-refractivity contribution in [3.05, 3.63) is 144 Å². The number of fused-ring (bicyclic) bond motifs is 1. The number of benzene rings is 5. The van der Waals surface area contributed by atoms with E-state index in [0.29, 0.717) is 23.2 Å². The average Bonchev–Trinajstić information content (AvgIpc) is 3.51. The molecule has 0 amide bonds. The Hall–Kier alpha value is -5.48. The lowest BCUT2D eigenvalue weighted by molar-refractivity contribution is 0.477. The van der Waals surface area contributed by atoms with Crippen LogP contribution >= 0.6 is 0 Å². The molecule has 250 valence electrons. The molecule has 0 saturated heterocycles. The van der Waals surface area contributed by atoms with E-state index in [1.807, 2.05) is 42.6 Å². The van der Waals surface area contributed by atoms with Gasteiger partial charge in [0.25, 0.3) is 0 Å². The smallest absolute Gasteiger partial charge is 0.149 e. The standard InChI is InChI=1S/C46H45N3O/c1-29(2)31-22-32(30(3)4)24-33(23-31)34-25-35(27-36(26-34)41-28-37(20-21-47-41)46(5,6)7)39-17-13-18-42-44(39)48-45(40-16-11-12-19-43(40)50)49(42)38-14-9-8-10-15-38/h8-30,50H,1-7H3. The normalized spacial score (nSPS) is 11.9. The van der Waals surface area contributed by atoms with Crippen LogP contribution < -0.4 is 0 Å². The number of hydrogen-bond donors (Lipinski definition) is 1. The van der Waals surface area contributed by atoms with Crippen LogP contribution in [0, 0.1) is 0 Å². The van der Waals surface area contributed by atoms with Crippen LogP contribution in [0.3, 0.4) is 0 Å². The molecule has 0 spiro atoms. The zero-order chi connectivity index (χ0) is 35.2. The molecule has 7 aromatic rings. The van der Waals surface area contributed by atoms with Crippen molar-refractivity contribution in [3.8, 4) is 56.3 Å². The van der Waals surface area contributed by atoms with Crippen LogP contribution in [0.4, 0.5) is 0 Å². The van der Waals surface area contributed by atoms with Crippen molar-refractivity contribution in [2.24, 2.45) is 0 Å². The highest BCUT2D eigenvalue weighted by Gasteiger charge is 2.21. The van der Waals surface area contributed by atoms with Gasteiger partial charge in [0, 0.05) is 23.0 Å². The number of hydrogen-bond acceptors (Lipinski definition) is 3. The molecule has 0 bridgehead atoms. The first-order valence-corrected chi connectivity index (χ1v) is 17.6. The van der Waals surface area contributed by atoms with Gasteiger partial charge in [0.2, 0.25) is 0 Å². The lowest BCUT2D eigenvalue weighted by atomic mass is 9.86. The van der Waals surface area contributed by atoms with E-state index in [1.54, 1.807) is 6.07 Å². The van der Waals surface area contributed by atoms with E-state index in [-0.39, 0.29) is 11.2 Å². The Labute approximate surface area is 296 Å². The molecule has 1 N–H and O–H groups in total. The molecule has 0 unspecified atom stereocenters. The van der Waals surface area contributed by atoms with Gasteiger partial charge in [-0.2, -0.15) is 0 Å². The Kier molecular flexibility index (Phi) is 8.65. The van der Waals surface area contributed by atoms with E-state index in [0.717, 1.165) is 44.7 Å². The van der Waals surface area contributed by atoms with E-state index in [9.17, 15) is 5.11 Å². The minimum absolute atomic E-state index is 0.00877. The summed E-state index contributed by atoms with van der Waals surface area (Å²) >= 11 is 0. The van der Waals surface area contributed by atoms with Gasteiger partial charge in [0.15, 0.2) is 0 Å². The van der Waals surface area contributed by atoms with Crippen LogP contribution in [0.2, 0.25) is 0 Å². The third-order valence-corrected chi connectivity index (χ3v) is 9.65. The van der Waals surface area contributed by atoms with Gasteiger partial charge in [-0.1, -0.05) is 109 Å². The second-order valence-corrected chi connectivity index (χ2v) is 15.0. The van der Waals surface area contributed by atoms with Crippen molar-refractivity contribution in [2.45, 2.75) is 65.7 Å². The predicted octanol–water partition coefficient (Wildman–Crippen LogP) is 12.3. The predicted molar refractivity (Wildman–Crippen MR) is 209 cm³/mol. The number of phenolic OH excluding ortho intramolecular Hbond substituents is 1. The highest BCUT2D eigenvalue weighted by Crippen LogP contribution is 2.40. The second-order valence-electron chi connectivity index (χ2n) is 15.0. The molecular weight excluding hydrogens is 611 g/mol. The first-order chi connectivity index (χ1) is 24.0. The summed E-state index contributed by atoms with van der Waals surface area (Å²) in [6.45, 7) is 15.8. The SMILES string of the molecule is CC(C)c1cc(-c2cc(-c3cc(C(C)(C)C)ccn3)cc(-c3cccc4c3nc(-c3ccccc3O)n4-c3ccccc3)c2)cc(C(C)C)c1. The maximum atomic E-state index is 11.0. The van der Waals surface area contributed by atoms with Crippen LogP contribution in [0.5, 0.6) is 5.75 Å². The number of pyridine rings is 1. The molecule has 0 fully saturated rings. The largest absolute Gasteiger partial charge is 0.507 e. The first kappa shape index (κ1) is 33.0. The van der Waals surface area contributed by atoms with E-state index in [2.05, 4.69) is 132 Å². The second kappa shape index (κ2) is 13.1. The van der Waals surface area contributed by atoms with Crippen LogP contribution in [0.1, 0.15) is 77.0 Å². The van der Waals surface area contributed by atoms with Crippen molar-refractivity contribution in [1.29, 1.82) is 0 Å². The van der Waals surface area contributed by atoms with Gasteiger partial charge in [0.1, 0.15) is 11.6 Å². The lowest BCUT2D eigenvalue weighted by Gasteiger charge is -2.20.